The number of rotatable bonds is 6. The molecule has 4 rings (SSSR count). The van der Waals surface area contributed by atoms with E-state index in [1.54, 1.807) is 13.4 Å². The Morgan fingerprint density at radius 1 is 1.14 bits per heavy atom. The molecule has 0 bridgehead atoms. The van der Waals surface area contributed by atoms with Crippen molar-refractivity contribution in [1.29, 1.82) is 0 Å². The minimum atomic E-state index is 0.394. The first-order valence-electron chi connectivity index (χ1n) is 8.67. The lowest BCUT2D eigenvalue weighted by molar-refractivity contribution is 0.413. The molecule has 0 atom stereocenters. The van der Waals surface area contributed by atoms with Crippen LogP contribution in [-0.2, 0) is 13.0 Å². The Bertz CT molecular complexity index is 1070. The van der Waals surface area contributed by atoms with Crippen molar-refractivity contribution >= 4 is 40.2 Å². The van der Waals surface area contributed by atoms with E-state index < -0.39 is 0 Å². The average molecular weight is 503 g/mol. The Morgan fingerprint density at radius 3 is 2.75 bits per heavy atom. The summed E-state index contributed by atoms with van der Waals surface area (Å²) in [5.41, 5.74) is 7.96. The van der Waals surface area contributed by atoms with Crippen LogP contribution in [0.1, 0.15) is 5.56 Å². The van der Waals surface area contributed by atoms with Gasteiger partial charge in [0.1, 0.15) is 5.75 Å². The summed E-state index contributed by atoms with van der Waals surface area (Å²) in [4.78, 5) is 14.7. The van der Waals surface area contributed by atoms with E-state index >= 15 is 0 Å². The van der Waals surface area contributed by atoms with E-state index in [4.69, 9.17) is 15.5 Å². The fourth-order valence-electron chi connectivity index (χ4n) is 2.82. The van der Waals surface area contributed by atoms with Gasteiger partial charge in [0.15, 0.2) is 22.5 Å². The third kappa shape index (κ3) is 4.07. The maximum absolute atomic E-state index is 6.06. The largest absolute Gasteiger partial charge is 0.497 e. The molecule has 0 aromatic heterocycles. The standard InChI is InChI=1S/C20H18IN5OS/c1-27-14-7-8-15(21)16(11-14)28-20-24-17-18(22)23-12-26(19(17)25-20)10-9-13-5-3-2-4-6-13/h2-8,11-12H,9-10,22H2,1H3. The van der Waals surface area contributed by atoms with Gasteiger partial charge in [0, 0.05) is 15.0 Å². The fraction of sp³-hybridized carbons (Fsp3) is 0.150. The Balaban J connectivity index is 1.62. The summed E-state index contributed by atoms with van der Waals surface area (Å²) >= 11 is 3.79. The number of aryl methyl sites for hydroxylation is 2. The number of nitrogens with zero attached hydrogens (tertiary/aromatic N) is 4. The summed E-state index contributed by atoms with van der Waals surface area (Å²) in [5, 5.41) is 0.648. The fourth-order valence-corrected chi connectivity index (χ4v) is 4.30. The normalized spacial score (nSPS) is 11.1. The first-order chi connectivity index (χ1) is 13.6. The van der Waals surface area contributed by atoms with Gasteiger partial charge in [0.05, 0.1) is 13.4 Å². The summed E-state index contributed by atoms with van der Waals surface area (Å²) in [5.74, 6) is 1.95. The third-order valence-corrected chi connectivity index (χ3v) is 6.52. The molecule has 0 fully saturated rings. The lowest BCUT2D eigenvalue weighted by Gasteiger charge is -2.11. The van der Waals surface area contributed by atoms with Crippen molar-refractivity contribution in [3.05, 3.63) is 64.0 Å². The maximum atomic E-state index is 6.06. The molecule has 2 aromatic rings. The number of nitrogens with two attached hydrogens (primary N) is 1. The molecule has 0 aliphatic carbocycles. The van der Waals surface area contributed by atoms with Gasteiger partial charge in [0.25, 0.3) is 0 Å². The number of imidazole rings is 1. The molecule has 0 saturated heterocycles. The van der Waals surface area contributed by atoms with Gasteiger partial charge < -0.3 is 15.0 Å². The molecule has 2 aliphatic rings. The lowest BCUT2D eigenvalue weighted by Crippen LogP contribution is -2.09. The number of fused-ring (bicyclic) bond motifs is 1. The quantitative estimate of drug-likeness (QED) is 0.394. The van der Waals surface area contributed by atoms with Gasteiger partial charge in [0.2, 0.25) is 0 Å². The topological polar surface area (TPSA) is 78.9 Å². The van der Waals surface area contributed by atoms with Crippen LogP contribution in [0.2, 0.25) is 0 Å². The van der Waals surface area contributed by atoms with E-state index in [9.17, 15) is 0 Å². The van der Waals surface area contributed by atoms with Gasteiger partial charge in [-0.1, -0.05) is 30.3 Å². The predicted molar refractivity (Wildman–Crippen MR) is 119 cm³/mol. The molecule has 142 valence electrons. The molecule has 0 unspecified atom stereocenters. The van der Waals surface area contributed by atoms with E-state index in [2.05, 4.69) is 44.7 Å². The van der Waals surface area contributed by atoms with Crippen molar-refractivity contribution in [2.45, 2.75) is 23.0 Å². The monoisotopic (exact) mass is 503 g/mol. The van der Waals surface area contributed by atoms with Gasteiger partial charge in [-0.3, -0.25) is 0 Å². The number of hydrogen-bond acceptors (Lipinski definition) is 6. The average Bonchev–Trinajstić information content (AvgIpc) is 3.15. The molecule has 2 aromatic carbocycles. The van der Waals surface area contributed by atoms with Crippen molar-refractivity contribution < 1.29 is 4.74 Å². The number of anilines is 1. The van der Waals surface area contributed by atoms with Gasteiger partial charge >= 0.3 is 0 Å². The Morgan fingerprint density at radius 2 is 1.96 bits per heavy atom. The smallest absolute Gasteiger partial charge is 0.195 e. The molecule has 2 aliphatic heterocycles. The number of halogens is 1. The van der Waals surface area contributed by atoms with Gasteiger partial charge in [-0.25, -0.2) is 15.0 Å². The summed E-state index contributed by atoms with van der Waals surface area (Å²) in [6.07, 6.45) is 2.62. The van der Waals surface area contributed by atoms with Crippen molar-refractivity contribution in [2.75, 3.05) is 12.8 Å². The first kappa shape index (κ1) is 19.0. The summed E-state index contributed by atoms with van der Waals surface area (Å²) in [7, 11) is 1.66. The van der Waals surface area contributed by atoms with Crippen molar-refractivity contribution in [1.82, 2.24) is 19.5 Å². The lowest BCUT2D eigenvalue weighted by atomic mass is 10.1. The van der Waals surface area contributed by atoms with Crippen LogP contribution in [0, 0.1) is 3.57 Å². The highest BCUT2D eigenvalue weighted by molar-refractivity contribution is 14.1. The van der Waals surface area contributed by atoms with Crippen LogP contribution in [0.5, 0.6) is 5.75 Å². The minimum Gasteiger partial charge on any atom is -0.497 e. The number of ether oxygens (including phenoxy) is 1. The Hall–Kier alpha value is -2.33. The zero-order valence-corrected chi connectivity index (χ0v) is 18.1. The zero-order valence-electron chi connectivity index (χ0n) is 15.2. The van der Waals surface area contributed by atoms with Gasteiger partial charge in [-0.05, 0) is 64.5 Å². The van der Waals surface area contributed by atoms with Crippen LogP contribution in [0.25, 0.3) is 11.5 Å². The Labute approximate surface area is 181 Å². The van der Waals surface area contributed by atoms with E-state index in [-0.39, 0.29) is 0 Å². The molecule has 28 heavy (non-hydrogen) atoms. The number of nitrogen functional groups attached to an aromatic ring is 1. The van der Waals surface area contributed by atoms with Crippen LogP contribution < -0.4 is 10.5 Å². The van der Waals surface area contributed by atoms with Gasteiger partial charge in [-0.15, -0.1) is 0 Å². The van der Waals surface area contributed by atoms with Crippen LogP contribution in [0.3, 0.4) is 0 Å². The van der Waals surface area contributed by atoms with Crippen molar-refractivity contribution in [3.63, 3.8) is 0 Å². The molecular formula is C20H18IN5OS. The number of methoxy groups -OCH3 is 1. The van der Waals surface area contributed by atoms with Crippen LogP contribution >= 0.6 is 34.4 Å². The number of benzene rings is 2. The van der Waals surface area contributed by atoms with Crippen LogP contribution in [0.4, 0.5) is 5.82 Å². The molecule has 0 radical (unpaired) electrons. The second-order valence-electron chi connectivity index (χ2n) is 6.14. The highest BCUT2D eigenvalue weighted by Gasteiger charge is 2.20. The van der Waals surface area contributed by atoms with Crippen LogP contribution in [0.15, 0.2) is 64.9 Å². The molecule has 2 heterocycles. The molecule has 6 nitrogen and oxygen atoms in total. The van der Waals surface area contributed by atoms with E-state index in [1.807, 2.05) is 41.0 Å². The molecule has 0 saturated carbocycles. The number of hydrogen-bond donors (Lipinski definition) is 1. The van der Waals surface area contributed by atoms with E-state index in [0.717, 1.165) is 33.0 Å². The summed E-state index contributed by atoms with van der Waals surface area (Å²) in [6.45, 7) is 0.757. The van der Waals surface area contributed by atoms with Gasteiger partial charge in [-0.2, -0.15) is 0 Å². The predicted octanol–water partition coefficient (Wildman–Crippen LogP) is 4.37. The van der Waals surface area contributed by atoms with E-state index in [1.165, 1.54) is 17.3 Å². The maximum Gasteiger partial charge on any atom is 0.195 e. The van der Waals surface area contributed by atoms with Crippen molar-refractivity contribution in [3.8, 4) is 17.3 Å². The molecule has 8 heteroatoms. The molecule has 0 spiro atoms. The Kier molecular flexibility index (Phi) is 5.67. The third-order valence-electron chi connectivity index (χ3n) is 4.30. The zero-order chi connectivity index (χ0) is 19.5. The summed E-state index contributed by atoms with van der Waals surface area (Å²) in [6, 6.07) is 16.3. The highest BCUT2D eigenvalue weighted by atomic mass is 127. The SMILES string of the molecule is COc1ccc(I)c(Sc2nc3c(N)ncn(CCc4ccccc4)c-3n2)c1. The highest BCUT2D eigenvalue weighted by Crippen LogP contribution is 2.35. The second-order valence-corrected chi connectivity index (χ2v) is 8.31. The molecular weight excluding hydrogens is 485 g/mol. The minimum absolute atomic E-state index is 0.394. The number of aromatic nitrogens is 4. The molecule has 2 N–H and O–H groups in total. The second kappa shape index (κ2) is 8.36. The first-order valence-corrected chi connectivity index (χ1v) is 10.6. The van der Waals surface area contributed by atoms with Crippen LogP contribution in [-0.4, -0.2) is 26.6 Å². The summed E-state index contributed by atoms with van der Waals surface area (Å²) < 4.78 is 8.44. The molecule has 0 amide bonds. The van der Waals surface area contributed by atoms with E-state index in [0.29, 0.717) is 16.7 Å². The van der Waals surface area contributed by atoms with Crippen molar-refractivity contribution in [2.24, 2.45) is 0 Å².